The van der Waals surface area contributed by atoms with Crippen LogP contribution in [0.5, 0.6) is 0 Å². The number of piperazine rings is 1. The number of aryl methyl sites for hydroxylation is 2. The van der Waals surface area contributed by atoms with Crippen LogP contribution >= 0.6 is 0 Å². The first-order chi connectivity index (χ1) is 12.4. The standard InChI is InChI=1S/C20H26N2O3S/c1-15-10-18(25-16(15)2)12-22-9-8-21(11-17-6-4-3-5-7-17)19-13-26(23,24)14-20(19)22/h3-7,10,19-20H,8-9,11-14H2,1-2H3/t19-,20+/m1/s1. The predicted molar refractivity (Wildman–Crippen MR) is 102 cm³/mol. The van der Waals surface area contributed by atoms with Gasteiger partial charge in [0.15, 0.2) is 9.84 Å². The lowest BCUT2D eigenvalue weighted by atomic mass is 10.0. The van der Waals surface area contributed by atoms with Gasteiger partial charge >= 0.3 is 0 Å². The molecule has 0 amide bonds. The van der Waals surface area contributed by atoms with Gasteiger partial charge in [-0.15, -0.1) is 0 Å². The van der Waals surface area contributed by atoms with Crippen molar-refractivity contribution < 1.29 is 12.8 Å². The van der Waals surface area contributed by atoms with E-state index in [2.05, 4.69) is 28.0 Å². The van der Waals surface area contributed by atoms with Crippen LogP contribution < -0.4 is 0 Å². The Morgan fingerprint density at radius 2 is 1.62 bits per heavy atom. The summed E-state index contributed by atoms with van der Waals surface area (Å²) in [6, 6.07) is 12.5. The van der Waals surface area contributed by atoms with Crippen molar-refractivity contribution in [3.63, 3.8) is 0 Å². The second-order valence-corrected chi connectivity index (χ2v) is 9.74. The van der Waals surface area contributed by atoms with Crippen molar-refractivity contribution in [2.24, 2.45) is 0 Å². The molecule has 0 aliphatic carbocycles. The SMILES string of the molecule is Cc1cc(CN2CCN(Cc3ccccc3)[C@@H]3CS(=O)(=O)C[C@@H]32)oc1C. The Labute approximate surface area is 155 Å². The van der Waals surface area contributed by atoms with Gasteiger partial charge in [0, 0.05) is 31.7 Å². The number of furan rings is 1. The summed E-state index contributed by atoms with van der Waals surface area (Å²) in [4.78, 5) is 4.65. The molecule has 5 nitrogen and oxygen atoms in total. The average molecular weight is 375 g/mol. The highest BCUT2D eigenvalue weighted by molar-refractivity contribution is 7.91. The van der Waals surface area contributed by atoms with E-state index in [1.165, 1.54) is 5.56 Å². The third-order valence-corrected chi connectivity index (χ3v) is 7.41. The minimum absolute atomic E-state index is 0.0446. The zero-order valence-corrected chi connectivity index (χ0v) is 16.2. The first-order valence-corrected chi connectivity index (χ1v) is 11.0. The topological polar surface area (TPSA) is 53.8 Å². The molecule has 3 heterocycles. The molecule has 4 rings (SSSR count). The number of benzene rings is 1. The molecule has 2 aliphatic rings. The Morgan fingerprint density at radius 1 is 1.00 bits per heavy atom. The Hall–Kier alpha value is -1.63. The highest BCUT2D eigenvalue weighted by atomic mass is 32.2. The van der Waals surface area contributed by atoms with Crippen LogP contribution in [0.25, 0.3) is 0 Å². The second-order valence-electron chi connectivity index (χ2n) is 7.59. The second kappa shape index (κ2) is 6.83. The number of hydrogen-bond acceptors (Lipinski definition) is 5. The largest absolute Gasteiger partial charge is 0.465 e. The summed E-state index contributed by atoms with van der Waals surface area (Å²) in [7, 11) is -3.00. The third-order valence-electron chi connectivity index (χ3n) is 5.71. The van der Waals surface area contributed by atoms with E-state index in [1.807, 2.05) is 32.0 Å². The fraction of sp³-hybridized carbons (Fsp3) is 0.500. The summed E-state index contributed by atoms with van der Waals surface area (Å²) in [6.45, 7) is 7.25. The maximum atomic E-state index is 12.4. The minimum Gasteiger partial charge on any atom is -0.465 e. The van der Waals surface area contributed by atoms with Crippen molar-refractivity contribution in [3.05, 3.63) is 59.0 Å². The van der Waals surface area contributed by atoms with Gasteiger partial charge in [-0.2, -0.15) is 0 Å². The van der Waals surface area contributed by atoms with Crippen molar-refractivity contribution in [2.45, 2.75) is 39.0 Å². The molecule has 2 aliphatic heterocycles. The fourth-order valence-electron chi connectivity index (χ4n) is 4.23. The lowest BCUT2D eigenvalue weighted by molar-refractivity contribution is 0.0316. The molecular formula is C20H26N2O3S. The van der Waals surface area contributed by atoms with Crippen molar-refractivity contribution in [3.8, 4) is 0 Å². The number of sulfone groups is 1. The highest BCUT2D eigenvalue weighted by Crippen LogP contribution is 2.30. The van der Waals surface area contributed by atoms with Gasteiger partial charge in [-0.25, -0.2) is 8.42 Å². The molecule has 0 saturated carbocycles. The molecule has 2 atom stereocenters. The molecule has 0 spiro atoms. The van der Waals surface area contributed by atoms with E-state index in [4.69, 9.17) is 4.42 Å². The van der Waals surface area contributed by atoms with E-state index in [1.54, 1.807) is 0 Å². The summed E-state index contributed by atoms with van der Waals surface area (Å²) in [6.07, 6.45) is 0. The van der Waals surface area contributed by atoms with E-state index >= 15 is 0 Å². The molecular weight excluding hydrogens is 348 g/mol. The molecule has 0 N–H and O–H groups in total. The van der Waals surface area contributed by atoms with Crippen LogP contribution in [0.15, 0.2) is 40.8 Å². The number of rotatable bonds is 4. The monoisotopic (exact) mass is 374 g/mol. The van der Waals surface area contributed by atoms with Gasteiger partial charge in [0.05, 0.1) is 18.1 Å². The molecule has 2 saturated heterocycles. The van der Waals surface area contributed by atoms with Crippen molar-refractivity contribution >= 4 is 9.84 Å². The maximum absolute atomic E-state index is 12.4. The number of fused-ring (bicyclic) bond motifs is 1. The average Bonchev–Trinajstić information content (AvgIpc) is 3.09. The molecule has 1 aromatic heterocycles. The Kier molecular flexibility index (Phi) is 4.67. The van der Waals surface area contributed by atoms with Crippen LogP contribution in [0.3, 0.4) is 0 Å². The van der Waals surface area contributed by atoms with E-state index < -0.39 is 9.84 Å². The normalized spacial score (nSPS) is 26.1. The Balaban J connectivity index is 1.53. The van der Waals surface area contributed by atoms with Crippen LogP contribution in [0.2, 0.25) is 0 Å². The van der Waals surface area contributed by atoms with Crippen molar-refractivity contribution in [1.82, 2.24) is 9.80 Å². The van der Waals surface area contributed by atoms with Crippen LogP contribution in [-0.2, 0) is 22.9 Å². The quantitative estimate of drug-likeness (QED) is 0.822. The van der Waals surface area contributed by atoms with E-state index in [0.717, 1.165) is 36.7 Å². The van der Waals surface area contributed by atoms with Gasteiger partial charge in [0.25, 0.3) is 0 Å². The molecule has 6 heteroatoms. The predicted octanol–water partition coefficient (Wildman–Crippen LogP) is 2.38. The van der Waals surface area contributed by atoms with E-state index in [-0.39, 0.29) is 23.6 Å². The summed E-state index contributed by atoms with van der Waals surface area (Å²) >= 11 is 0. The van der Waals surface area contributed by atoms with Gasteiger partial charge in [0.1, 0.15) is 11.5 Å². The first-order valence-electron chi connectivity index (χ1n) is 9.20. The number of nitrogens with zero attached hydrogens (tertiary/aromatic N) is 2. The molecule has 2 aromatic rings. The molecule has 2 fully saturated rings. The van der Waals surface area contributed by atoms with Crippen LogP contribution in [0.1, 0.15) is 22.6 Å². The van der Waals surface area contributed by atoms with E-state index in [9.17, 15) is 8.42 Å². The van der Waals surface area contributed by atoms with Gasteiger partial charge < -0.3 is 4.42 Å². The smallest absolute Gasteiger partial charge is 0.153 e. The fourth-order valence-corrected chi connectivity index (χ4v) is 6.28. The lowest BCUT2D eigenvalue weighted by Crippen LogP contribution is -2.58. The summed E-state index contributed by atoms with van der Waals surface area (Å²) in [5, 5.41) is 0. The Morgan fingerprint density at radius 3 is 2.19 bits per heavy atom. The molecule has 26 heavy (non-hydrogen) atoms. The minimum atomic E-state index is -3.00. The summed E-state index contributed by atoms with van der Waals surface area (Å²) in [5.41, 5.74) is 2.39. The van der Waals surface area contributed by atoms with Crippen molar-refractivity contribution in [1.29, 1.82) is 0 Å². The van der Waals surface area contributed by atoms with Gasteiger partial charge in [-0.1, -0.05) is 30.3 Å². The highest BCUT2D eigenvalue weighted by Gasteiger charge is 2.46. The third kappa shape index (κ3) is 3.59. The molecule has 1 aromatic carbocycles. The lowest BCUT2D eigenvalue weighted by Gasteiger charge is -2.43. The van der Waals surface area contributed by atoms with Crippen LogP contribution in [0.4, 0.5) is 0 Å². The van der Waals surface area contributed by atoms with Gasteiger partial charge in [-0.05, 0) is 31.0 Å². The molecule has 0 bridgehead atoms. The summed E-state index contributed by atoms with van der Waals surface area (Å²) < 4.78 is 30.6. The number of hydrogen-bond donors (Lipinski definition) is 0. The van der Waals surface area contributed by atoms with Crippen LogP contribution in [-0.4, -0.2) is 54.9 Å². The first kappa shape index (κ1) is 17.8. The van der Waals surface area contributed by atoms with Gasteiger partial charge in [-0.3, -0.25) is 9.80 Å². The summed E-state index contributed by atoms with van der Waals surface area (Å²) in [5.74, 6) is 2.39. The molecule has 0 radical (unpaired) electrons. The molecule has 0 unspecified atom stereocenters. The maximum Gasteiger partial charge on any atom is 0.153 e. The zero-order valence-electron chi connectivity index (χ0n) is 15.4. The van der Waals surface area contributed by atoms with Crippen molar-refractivity contribution in [2.75, 3.05) is 24.6 Å². The van der Waals surface area contributed by atoms with Gasteiger partial charge in [0.2, 0.25) is 0 Å². The molecule has 140 valence electrons. The van der Waals surface area contributed by atoms with Crippen LogP contribution in [0, 0.1) is 13.8 Å². The van der Waals surface area contributed by atoms with E-state index in [0.29, 0.717) is 6.54 Å². The Bertz CT molecular complexity index is 856. The zero-order chi connectivity index (χ0) is 18.3.